The Hall–Kier alpha value is -0.810. The molecule has 0 aliphatic rings. The van der Waals surface area contributed by atoms with Crippen LogP contribution in [0.4, 0.5) is 0 Å². The molecule has 0 aliphatic carbocycles. The number of pyridine rings is 1. The number of aromatic nitrogens is 1. The topological polar surface area (TPSA) is 43.4 Å². The molecule has 16 heavy (non-hydrogen) atoms. The van der Waals surface area contributed by atoms with Gasteiger partial charge in [-0.3, -0.25) is 4.98 Å². The third kappa shape index (κ3) is 3.64. The maximum absolute atomic E-state index is 5.29. The Balaban J connectivity index is 2.63. The fourth-order valence-electron chi connectivity index (χ4n) is 1.38. The fourth-order valence-corrected chi connectivity index (χ4v) is 1.66. The van der Waals surface area contributed by atoms with Crippen molar-refractivity contribution < 1.29 is 9.47 Å². The summed E-state index contributed by atoms with van der Waals surface area (Å²) in [5.41, 5.74) is 0.872. The Morgan fingerprint density at radius 3 is 2.81 bits per heavy atom. The summed E-state index contributed by atoms with van der Waals surface area (Å²) in [6.07, 6.45) is 2.81. The SMILES string of the molecule is COc1ccnc(CNCCCBr)c1OC. The number of halogens is 1. The first-order valence-corrected chi connectivity index (χ1v) is 6.28. The average molecular weight is 289 g/mol. The van der Waals surface area contributed by atoms with Gasteiger partial charge in [0.25, 0.3) is 0 Å². The molecule has 0 bridgehead atoms. The minimum absolute atomic E-state index is 0.688. The molecule has 0 saturated carbocycles. The summed E-state index contributed by atoms with van der Waals surface area (Å²) < 4.78 is 10.5. The molecule has 1 aromatic rings. The van der Waals surface area contributed by atoms with E-state index in [4.69, 9.17) is 9.47 Å². The first kappa shape index (κ1) is 13.3. The number of alkyl halides is 1. The third-order valence-corrected chi connectivity index (χ3v) is 2.71. The molecule has 0 fully saturated rings. The second-order valence-corrected chi connectivity index (χ2v) is 4.01. The first-order valence-electron chi connectivity index (χ1n) is 5.16. The molecule has 1 N–H and O–H groups in total. The Kier molecular flexibility index (Phi) is 6.18. The Bertz CT molecular complexity index is 321. The molecule has 1 aromatic heterocycles. The zero-order valence-corrected chi connectivity index (χ0v) is 11.2. The van der Waals surface area contributed by atoms with E-state index in [1.807, 2.05) is 0 Å². The second kappa shape index (κ2) is 7.46. The first-order chi connectivity index (χ1) is 7.83. The highest BCUT2D eigenvalue weighted by Crippen LogP contribution is 2.28. The Morgan fingerprint density at radius 2 is 2.19 bits per heavy atom. The minimum Gasteiger partial charge on any atom is -0.493 e. The van der Waals surface area contributed by atoms with Gasteiger partial charge in [-0.2, -0.15) is 0 Å². The van der Waals surface area contributed by atoms with Gasteiger partial charge in [0, 0.05) is 24.1 Å². The van der Waals surface area contributed by atoms with Gasteiger partial charge in [-0.1, -0.05) is 15.9 Å². The van der Waals surface area contributed by atoms with E-state index in [0.29, 0.717) is 12.3 Å². The van der Waals surface area contributed by atoms with Gasteiger partial charge in [-0.25, -0.2) is 0 Å². The smallest absolute Gasteiger partial charge is 0.183 e. The van der Waals surface area contributed by atoms with E-state index in [2.05, 4.69) is 26.2 Å². The number of hydrogen-bond donors (Lipinski definition) is 1. The van der Waals surface area contributed by atoms with Gasteiger partial charge in [0.15, 0.2) is 11.5 Å². The fraction of sp³-hybridized carbons (Fsp3) is 0.545. The standard InChI is InChI=1S/C11H17BrN2O2/c1-15-10-4-7-14-9(11(10)16-2)8-13-6-3-5-12/h4,7,13H,3,5-6,8H2,1-2H3. The number of rotatable bonds is 7. The summed E-state index contributed by atoms with van der Waals surface area (Å²) >= 11 is 3.39. The highest BCUT2D eigenvalue weighted by atomic mass is 79.9. The lowest BCUT2D eigenvalue weighted by Crippen LogP contribution is -2.16. The molecule has 0 radical (unpaired) electrons. The van der Waals surface area contributed by atoms with Crippen LogP contribution in [0.5, 0.6) is 11.5 Å². The number of nitrogens with one attached hydrogen (secondary N) is 1. The monoisotopic (exact) mass is 288 g/mol. The normalized spacial score (nSPS) is 10.2. The Morgan fingerprint density at radius 1 is 1.38 bits per heavy atom. The molecular formula is C11H17BrN2O2. The molecular weight excluding hydrogens is 272 g/mol. The molecule has 5 heteroatoms. The van der Waals surface area contributed by atoms with Crippen LogP contribution in [0.25, 0.3) is 0 Å². The van der Waals surface area contributed by atoms with E-state index in [0.717, 1.165) is 29.7 Å². The average Bonchev–Trinajstić information content (AvgIpc) is 2.34. The summed E-state index contributed by atoms with van der Waals surface area (Å²) in [6.45, 7) is 1.64. The largest absolute Gasteiger partial charge is 0.493 e. The van der Waals surface area contributed by atoms with Crippen molar-refractivity contribution in [2.75, 3.05) is 26.1 Å². The van der Waals surface area contributed by atoms with Crippen LogP contribution in [-0.4, -0.2) is 31.1 Å². The van der Waals surface area contributed by atoms with E-state index >= 15 is 0 Å². The summed E-state index contributed by atoms with van der Waals surface area (Å²) in [6, 6.07) is 1.79. The molecule has 0 unspecified atom stereocenters. The summed E-state index contributed by atoms with van der Waals surface area (Å²) in [7, 11) is 3.25. The highest BCUT2D eigenvalue weighted by molar-refractivity contribution is 9.09. The molecule has 0 amide bonds. The van der Waals surface area contributed by atoms with Crippen LogP contribution < -0.4 is 14.8 Å². The zero-order chi connectivity index (χ0) is 11.8. The van der Waals surface area contributed by atoms with Gasteiger partial charge in [0.1, 0.15) is 0 Å². The van der Waals surface area contributed by atoms with Gasteiger partial charge in [-0.05, 0) is 13.0 Å². The van der Waals surface area contributed by atoms with Crippen molar-refractivity contribution in [3.8, 4) is 11.5 Å². The Labute approximate surface area is 104 Å². The van der Waals surface area contributed by atoms with Crippen molar-refractivity contribution in [3.05, 3.63) is 18.0 Å². The maximum Gasteiger partial charge on any atom is 0.183 e. The lowest BCUT2D eigenvalue weighted by Gasteiger charge is -2.11. The predicted molar refractivity (Wildman–Crippen MR) is 67.5 cm³/mol. The number of ether oxygens (including phenoxy) is 2. The van der Waals surface area contributed by atoms with Crippen molar-refractivity contribution in [1.82, 2.24) is 10.3 Å². The number of hydrogen-bond acceptors (Lipinski definition) is 4. The number of nitrogens with zero attached hydrogens (tertiary/aromatic N) is 1. The van der Waals surface area contributed by atoms with Crippen LogP contribution in [0, 0.1) is 0 Å². The quantitative estimate of drug-likeness (QED) is 0.615. The zero-order valence-electron chi connectivity index (χ0n) is 9.62. The van der Waals surface area contributed by atoms with Crippen LogP contribution in [0.3, 0.4) is 0 Å². The summed E-state index contributed by atoms with van der Waals surface area (Å²) in [4.78, 5) is 4.28. The van der Waals surface area contributed by atoms with Crippen molar-refractivity contribution in [2.45, 2.75) is 13.0 Å². The van der Waals surface area contributed by atoms with Gasteiger partial charge < -0.3 is 14.8 Å². The van der Waals surface area contributed by atoms with Crippen LogP contribution in [0.1, 0.15) is 12.1 Å². The lowest BCUT2D eigenvalue weighted by molar-refractivity contribution is 0.348. The van der Waals surface area contributed by atoms with E-state index in [-0.39, 0.29) is 0 Å². The van der Waals surface area contributed by atoms with Gasteiger partial charge in [-0.15, -0.1) is 0 Å². The van der Waals surface area contributed by atoms with Crippen LogP contribution >= 0.6 is 15.9 Å². The molecule has 4 nitrogen and oxygen atoms in total. The maximum atomic E-state index is 5.29. The number of methoxy groups -OCH3 is 2. The van der Waals surface area contributed by atoms with E-state index in [1.165, 1.54) is 0 Å². The van der Waals surface area contributed by atoms with Crippen molar-refractivity contribution in [2.24, 2.45) is 0 Å². The molecule has 0 saturated heterocycles. The summed E-state index contributed by atoms with van der Waals surface area (Å²) in [5, 5.41) is 4.30. The third-order valence-electron chi connectivity index (χ3n) is 2.15. The second-order valence-electron chi connectivity index (χ2n) is 3.21. The molecule has 0 aromatic carbocycles. The van der Waals surface area contributed by atoms with Gasteiger partial charge in [0.2, 0.25) is 0 Å². The van der Waals surface area contributed by atoms with Crippen molar-refractivity contribution >= 4 is 15.9 Å². The molecule has 1 rings (SSSR count). The highest BCUT2D eigenvalue weighted by Gasteiger charge is 2.09. The molecule has 1 heterocycles. The van der Waals surface area contributed by atoms with Crippen LogP contribution in [-0.2, 0) is 6.54 Å². The molecule has 90 valence electrons. The molecule has 0 aliphatic heterocycles. The van der Waals surface area contributed by atoms with Crippen molar-refractivity contribution in [3.63, 3.8) is 0 Å². The van der Waals surface area contributed by atoms with E-state index in [1.54, 1.807) is 26.5 Å². The van der Waals surface area contributed by atoms with Gasteiger partial charge >= 0.3 is 0 Å². The van der Waals surface area contributed by atoms with Crippen LogP contribution in [0.15, 0.2) is 12.3 Å². The lowest BCUT2D eigenvalue weighted by atomic mass is 10.3. The van der Waals surface area contributed by atoms with E-state index in [9.17, 15) is 0 Å². The minimum atomic E-state index is 0.688. The van der Waals surface area contributed by atoms with Gasteiger partial charge in [0.05, 0.1) is 19.9 Å². The predicted octanol–water partition coefficient (Wildman–Crippen LogP) is 1.97. The van der Waals surface area contributed by atoms with Crippen LogP contribution in [0.2, 0.25) is 0 Å². The molecule has 0 spiro atoms. The summed E-state index contributed by atoms with van der Waals surface area (Å²) in [5.74, 6) is 1.42. The van der Waals surface area contributed by atoms with Crippen molar-refractivity contribution in [1.29, 1.82) is 0 Å². The van der Waals surface area contributed by atoms with E-state index < -0.39 is 0 Å². The molecule has 0 atom stereocenters.